The summed E-state index contributed by atoms with van der Waals surface area (Å²) < 4.78 is 46.8. The van der Waals surface area contributed by atoms with E-state index >= 15 is 4.39 Å². The van der Waals surface area contributed by atoms with Crippen molar-refractivity contribution < 1.29 is 23.0 Å². The van der Waals surface area contributed by atoms with E-state index in [9.17, 15) is 9.65 Å². The third-order valence-electron chi connectivity index (χ3n) is 5.62. The smallest absolute Gasteiger partial charge is 0.203 e. The number of halogens is 2. The molecule has 0 amide bonds. The van der Waals surface area contributed by atoms with E-state index in [1.165, 1.54) is 33.5 Å². The Labute approximate surface area is 201 Å². The number of nitriles is 1. The molecule has 0 bridgehead atoms. The van der Waals surface area contributed by atoms with Gasteiger partial charge in [0.2, 0.25) is 5.75 Å². The first-order valence-corrected chi connectivity index (χ1v) is 10.7. The first-order chi connectivity index (χ1) is 16.8. The summed E-state index contributed by atoms with van der Waals surface area (Å²) in [7, 11) is 8.28. The average Bonchev–Trinajstić information content (AvgIpc) is 3.25. The van der Waals surface area contributed by atoms with Gasteiger partial charge in [-0.25, -0.2) is 13.8 Å². The molecule has 4 aromatic rings. The van der Waals surface area contributed by atoms with Crippen LogP contribution in [-0.2, 0) is 6.54 Å². The summed E-state index contributed by atoms with van der Waals surface area (Å²) in [6.45, 7) is 0.491. The predicted molar refractivity (Wildman–Crippen MR) is 128 cm³/mol. The van der Waals surface area contributed by atoms with Crippen molar-refractivity contribution in [2.24, 2.45) is 0 Å². The van der Waals surface area contributed by atoms with Gasteiger partial charge in [-0.3, -0.25) is 4.40 Å². The third-order valence-corrected chi connectivity index (χ3v) is 5.62. The van der Waals surface area contributed by atoms with E-state index in [0.717, 1.165) is 11.8 Å². The lowest BCUT2D eigenvalue weighted by Gasteiger charge is -2.18. The van der Waals surface area contributed by atoms with E-state index in [4.69, 9.17) is 14.2 Å². The fraction of sp³-hybridized carbons (Fsp3) is 0.231. The molecule has 0 aliphatic heterocycles. The van der Waals surface area contributed by atoms with Gasteiger partial charge in [0.25, 0.3) is 0 Å². The maximum absolute atomic E-state index is 15.0. The van der Waals surface area contributed by atoms with Crippen LogP contribution in [-0.4, -0.2) is 49.7 Å². The van der Waals surface area contributed by atoms with Crippen molar-refractivity contribution in [2.45, 2.75) is 6.54 Å². The van der Waals surface area contributed by atoms with Gasteiger partial charge >= 0.3 is 0 Å². The SMILES string of the molecule is COc1cc(-c2cc(-c3ccc(F)cc3F)n3c(CN(C)C)cnc3c2C#N)cc(OC)c1OC. The number of aromatic nitrogens is 2. The van der Waals surface area contributed by atoms with Crippen LogP contribution in [0.4, 0.5) is 8.78 Å². The molecule has 0 saturated carbocycles. The molecule has 7 nitrogen and oxygen atoms in total. The standard InChI is InChI=1S/C26H24F2N4O3/c1-31(2)14-17-13-30-26-20(12-29)19(15-8-23(33-3)25(35-5)24(9-15)34-4)11-22(32(17)26)18-7-6-16(27)10-21(18)28/h6-11,13H,14H2,1-5H3. The van der Waals surface area contributed by atoms with E-state index in [1.54, 1.807) is 28.8 Å². The largest absolute Gasteiger partial charge is 0.493 e. The van der Waals surface area contributed by atoms with E-state index in [2.05, 4.69) is 11.1 Å². The Morgan fingerprint density at radius 2 is 1.66 bits per heavy atom. The van der Waals surface area contributed by atoms with Crippen LogP contribution >= 0.6 is 0 Å². The molecule has 0 spiro atoms. The fourth-order valence-corrected chi connectivity index (χ4v) is 4.13. The topological polar surface area (TPSA) is 72.0 Å². The lowest BCUT2D eigenvalue weighted by atomic mass is 9.97. The molecule has 4 rings (SSSR count). The Bertz CT molecular complexity index is 1430. The van der Waals surface area contributed by atoms with Gasteiger partial charge in [0, 0.05) is 23.7 Å². The predicted octanol–water partition coefficient (Wildman–Crippen LogP) is 4.91. The first-order valence-electron chi connectivity index (χ1n) is 10.7. The van der Waals surface area contributed by atoms with Crippen molar-refractivity contribution in [2.75, 3.05) is 35.4 Å². The zero-order valence-electron chi connectivity index (χ0n) is 20.0. The van der Waals surface area contributed by atoms with Gasteiger partial charge in [-0.1, -0.05) is 0 Å². The monoisotopic (exact) mass is 478 g/mol. The van der Waals surface area contributed by atoms with Crippen molar-refractivity contribution >= 4 is 5.65 Å². The lowest BCUT2D eigenvalue weighted by molar-refractivity contribution is 0.324. The number of nitrogens with zero attached hydrogens (tertiary/aromatic N) is 4. The summed E-state index contributed by atoms with van der Waals surface area (Å²) in [5.41, 5.74) is 3.06. The first kappa shape index (κ1) is 24.0. The quantitative estimate of drug-likeness (QED) is 0.376. The zero-order valence-corrected chi connectivity index (χ0v) is 20.0. The highest BCUT2D eigenvalue weighted by Gasteiger charge is 2.23. The molecule has 2 aromatic carbocycles. The molecule has 2 heterocycles. The second-order valence-electron chi connectivity index (χ2n) is 8.11. The van der Waals surface area contributed by atoms with Crippen molar-refractivity contribution in [1.29, 1.82) is 5.26 Å². The number of benzene rings is 2. The minimum atomic E-state index is -0.726. The van der Waals surface area contributed by atoms with Crippen LogP contribution in [0.1, 0.15) is 11.3 Å². The molecule has 0 N–H and O–H groups in total. The van der Waals surface area contributed by atoms with Gasteiger partial charge < -0.3 is 19.1 Å². The molecule has 2 aromatic heterocycles. The molecule has 9 heteroatoms. The van der Waals surface area contributed by atoms with Crippen molar-refractivity contribution in [3.05, 3.63) is 65.5 Å². The molecular weight excluding hydrogens is 454 g/mol. The summed E-state index contributed by atoms with van der Waals surface area (Å²) in [6, 6.07) is 10.8. The van der Waals surface area contributed by atoms with Crippen LogP contribution in [0.15, 0.2) is 42.6 Å². The van der Waals surface area contributed by atoms with E-state index in [0.29, 0.717) is 46.3 Å². The maximum Gasteiger partial charge on any atom is 0.203 e. The minimum Gasteiger partial charge on any atom is -0.493 e. The lowest BCUT2D eigenvalue weighted by Crippen LogP contribution is -2.13. The molecule has 0 radical (unpaired) electrons. The van der Waals surface area contributed by atoms with Gasteiger partial charge in [-0.2, -0.15) is 5.26 Å². The average molecular weight is 478 g/mol. The van der Waals surface area contributed by atoms with E-state index in [1.807, 2.05) is 19.0 Å². The van der Waals surface area contributed by atoms with Crippen LogP contribution < -0.4 is 14.2 Å². The van der Waals surface area contributed by atoms with Crippen LogP contribution in [0.25, 0.3) is 28.0 Å². The number of fused-ring (bicyclic) bond motifs is 1. The summed E-state index contributed by atoms with van der Waals surface area (Å²) in [5.74, 6) is -0.206. The maximum atomic E-state index is 15.0. The second kappa shape index (κ2) is 9.60. The Kier molecular flexibility index (Phi) is 6.58. The van der Waals surface area contributed by atoms with Gasteiger partial charge in [0.1, 0.15) is 23.3 Å². The molecule has 0 aliphatic rings. The second-order valence-corrected chi connectivity index (χ2v) is 8.11. The summed E-state index contributed by atoms with van der Waals surface area (Å²) in [6.07, 6.45) is 1.65. The number of imidazole rings is 1. The number of hydrogen-bond donors (Lipinski definition) is 0. The third kappa shape index (κ3) is 4.24. The van der Waals surface area contributed by atoms with Crippen molar-refractivity contribution in [3.63, 3.8) is 0 Å². The normalized spacial score (nSPS) is 11.1. The Morgan fingerprint density at radius 1 is 0.971 bits per heavy atom. The highest BCUT2D eigenvalue weighted by molar-refractivity contribution is 5.85. The highest BCUT2D eigenvalue weighted by Crippen LogP contribution is 2.43. The molecular formula is C26H24F2N4O3. The van der Waals surface area contributed by atoms with Crippen molar-refractivity contribution in [3.8, 4) is 45.7 Å². The number of pyridine rings is 1. The summed E-state index contributed by atoms with van der Waals surface area (Å²) >= 11 is 0. The molecule has 35 heavy (non-hydrogen) atoms. The zero-order chi connectivity index (χ0) is 25.3. The Morgan fingerprint density at radius 3 is 2.20 bits per heavy atom. The van der Waals surface area contributed by atoms with Gasteiger partial charge in [0.15, 0.2) is 17.1 Å². The number of ether oxygens (including phenoxy) is 3. The summed E-state index contributed by atoms with van der Waals surface area (Å²) in [4.78, 5) is 6.45. The van der Waals surface area contributed by atoms with E-state index in [-0.39, 0.29) is 11.1 Å². The van der Waals surface area contributed by atoms with Gasteiger partial charge in [-0.05, 0) is 50.0 Å². The van der Waals surface area contributed by atoms with Crippen LogP contribution in [0.3, 0.4) is 0 Å². The fourth-order valence-electron chi connectivity index (χ4n) is 4.13. The van der Waals surface area contributed by atoms with Crippen molar-refractivity contribution in [1.82, 2.24) is 14.3 Å². The minimum absolute atomic E-state index is 0.174. The molecule has 180 valence electrons. The van der Waals surface area contributed by atoms with Gasteiger partial charge in [-0.15, -0.1) is 0 Å². The molecule has 0 aliphatic carbocycles. The van der Waals surface area contributed by atoms with Gasteiger partial charge in [0.05, 0.1) is 38.9 Å². The number of hydrogen-bond acceptors (Lipinski definition) is 6. The van der Waals surface area contributed by atoms with Crippen LogP contribution in [0.5, 0.6) is 17.2 Å². The molecule has 0 atom stereocenters. The number of rotatable bonds is 7. The molecule has 0 fully saturated rings. The number of methoxy groups -OCH3 is 3. The van der Waals surface area contributed by atoms with E-state index < -0.39 is 11.6 Å². The Hall–Kier alpha value is -4.16. The summed E-state index contributed by atoms with van der Waals surface area (Å²) in [5, 5.41) is 10.2. The van der Waals surface area contributed by atoms with Crippen LogP contribution in [0, 0.1) is 23.0 Å². The molecule has 0 saturated heterocycles. The van der Waals surface area contributed by atoms with Crippen LogP contribution in [0.2, 0.25) is 0 Å². The molecule has 0 unspecified atom stereocenters. The Balaban J connectivity index is 2.12. The highest BCUT2D eigenvalue weighted by atomic mass is 19.1.